The van der Waals surface area contributed by atoms with Crippen LogP contribution >= 0.6 is 0 Å². The van der Waals surface area contributed by atoms with E-state index >= 15 is 0 Å². The van der Waals surface area contributed by atoms with Gasteiger partial charge in [-0.1, -0.05) is 30.3 Å². The highest BCUT2D eigenvalue weighted by molar-refractivity contribution is 7.89. The number of hydrogen-bond donors (Lipinski definition) is 1. The van der Waals surface area contributed by atoms with Gasteiger partial charge in [0, 0.05) is 24.2 Å². The standard InChI is InChI=1S/C22H25N3O5S/c1-3-29-18-10-12-20(30-4-2)21(16-18)31(27,28)23-14-15-25-22(26)13-11-19(24-25)17-8-6-5-7-9-17/h5-13,16,23H,3-4,14-15H2,1-2H3. The normalized spacial score (nSPS) is 11.3. The Morgan fingerprint density at radius 3 is 2.42 bits per heavy atom. The van der Waals surface area contributed by atoms with Gasteiger partial charge in [-0.05, 0) is 32.0 Å². The van der Waals surface area contributed by atoms with Gasteiger partial charge in [0.25, 0.3) is 5.56 Å². The first-order valence-corrected chi connectivity index (χ1v) is 11.5. The van der Waals surface area contributed by atoms with E-state index in [-0.39, 0.29) is 29.3 Å². The Labute approximate surface area is 181 Å². The summed E-state index contributed by atoms with van der Waals surface area (Å²) in [4.78, 5) is 12.2. The molecule has 0 aliphatic carbocycles. The number of rotatable bonds is 10. The molecule has 0 aliphatic rings. The first kappa shape index (κ1) is 22.5. The van der Waals surface area contributed by atoms with Gasteiger partial charge in [-0.25, -0.2) is 17.8 Å². The lowest BCUT2D eigenvalue weighted by Crippen LogP contribution is -2.32. The summed E-state index contributed by atoms with van der Waals surface area (Å²) in [6.45, 7) is 4.39. The van der Waals surface area contributed by atoms with E-state index in [1.54, 1.807) is 25.1 Å². The molecule has 2 aromatic carbocycles. The number of nitrogens with zero attached hydrogens (tertiary/aromatic N) is 2. The lowest BCUT2D eigenvalue weighted by molar-refractivity contribution is 0.322. The topological polar surface area (TPSA) is 99.5 Å². The predicted octanol–water partition coefficient (Wildman–Crippen LogP) is 2.69. The molecule has 8 nitrogen and oxygen atoms in total. The van der Waals surface area contributed by atoms with Crippen molar-refractivity contribution in [2.45, 2.75) is 25.3 Å². The third-order valence-corrected chi connectivity index (χ3v) is 5.85. The Hall–Kier alpha value is -3.17. The van der Waals surface area contributed by atoms with Gasteiger partial charge in [0.2, 0.25) is 10.0 Å². The van der Waals surface area contributed by atoms with Gasteiger partial charge in [-0.3, -0.25) is 4.79 Å². The van der Waals surface area contributed by atoms with Gasteiger partial charge < -0.3 is 9.47 Å². The Bertz CT molecular complexity index is 1180. The summed E-state index contributed by atoms with van der Waals surface area (Å²) in [5, 5.41) is 4.34. The average Bonchev–Trinajstić information content (AvgIpc) is 2.77. The third-order valence-electron chi connectivity index (χ3n) is 4.37. The van der Waals surface area contributed by atoms with Crippen LogP contribution in [0.5, 0.6) is 11.5 Å². The van der Waals surface area contributed by atoms with Crippen LogP contribution in [0.3, 0.4) is 0 Å². The predicted molar refractivity (Wildman–Crippen MR) is 118 cm³/mol. The van der Waals surface area contributed by atoms with Crippen molar-refractivity contribution in [1.82, 2.24) is 14.5 Å². The molecule has 0 spiro atoms. The minimum atomic E-state index is -3.90. The second-order valence-electron chi connectivity index (χ2n) is 6.52. The van der Waals surface area contributed by atoms with E-state index < -0.39 is 10.0 Å². The molecular formula is C22H25N3O5S. The van der Waals surface area contributed by atoms with Crippen LogP contribution in [-0.4, -0.2) is 38.0 Å². The summed E-state index contributed by atoms with van der Waals surface area (Å²) in [7, 11) is -3.90. The van der Waals surface area contributed by atoms with Crippen molar-refractivity contribution >= 4 is 10.0 Å². The van der Waals surface area contributed by atoms with Gasteiger partial charge in [0.1, 0.15) is 16.4 Å². The van der Waals surface area contributed by atoms with E-state index in [2.05, 4.69) is 9.82 Å². The number of hydrogen-bond acceptors (Lipinski definition) is 6. The van der Waals surface area contributed by atoms with Gasteiger partial charge in [0.15, 0.2) is 0 Å². The van der Waals surface area contributed by atoms with Crippen molar-refractivity contribution in [2.75, 3.05) is 19.8 Å². The monoisotopic (exact) mass is 443 g/mol. The molecule has 31 heavy (non-hydrogen) atoms. The highest BCUT2D eigenvalue weighted by Gasteiger charge is 2.20. The highest BCUT2D eigenvalue weighted by atomic mass is 32.2. The maximum absolute atomic E-state index is 12.9. The van der Waals surface area contributed by atoms with Crippen LogP contribution in [0.4, 0.5) is 0 Å². The van der Waals surface area contributed by atoms with Gasteiger partial charge in [0.05, 0.1) is 25.5 Å². The van der Waals surface area contributed by atoms with Crippen LogP contribution in [-0.2, 0) is 16.6 Å². The van der Waals surface area contributed by atoms with Crippen molar-refractivity contribution in [3.05, 3.63) is 71.0 Å². The van der Waals surface area contributed by atoms with Gasteiger partial charge >= 0.3 is 0 Å². The summed E-state index contributed by atoms with van der Waals surface area (Å²) >= 11 is 0. The molecule has 3 rings (SSSR count). The zero-order valence-corrected chi connectivity index (χ0v) is 18.3. The molecule has 1 heterocycles. The summed E-state index contributed by atoms with van der Waals surface area (Å²) in [5.41, 5.74) is 1.18. The molecule has 164 valence electrons. The molecule has 1 aromatic heterocycles. The van der Waals surface area contributed by atoms with E-state index in [4.69, 9.17) is 9.47 Å². The molecule has 0 saturated carbocycles. The van der Waals surface area contributed by atoms with Crippen molar-refractivity contribution in [2.24, 2.45) is 0 Å². The largest absolute Gasteiger partial charge is 0.494 e. The maximum Gasteiger partial charge on any atom is 0.266 e. The molecular weight excluding hydrogens is 418 g/mol. The minimum absolute atomic E-state index is 0.0151. The molecule has 0 aliphatic heterocycles. The quantitative estimate of drug-likeness (QED) is 0.517. The first-order valence-electron chi connectivity index (χ1n) is 9.97. The SMILES string of the molecule is CCOc1ccc(OCC)c(S(=O)(=O)NCCn2nc(-c3ccccc3)ccc2=O)c1. The number of aromatic nitrogens is 2. The summed E-state index contributed by atoms with van der Waals surface area (Å²) in [5.74, 6) is 0.666. The molecule has 0 amide bonds. The highest BCUT2D eigenvalue weighted by Crippen LogP contribution is 2.28. The van der Waals surface area contributed by atoms with Crippen LogP contribution in [0, 0.1) is 0 Å². The molecule has 0 atom stereocenters. The molecule has 9 heteroatoms. The van der Waals surface area contributed by atoms with E-state index in [1.807, 2.05) is 37.3 Å². The van der Waals surface area contributed by atoms with Crippen LogP contribution in [0.25, 0.3) is 11.3 Å². The molecule has 3 aromatic rings. The van der Waals surface area contributed by atoms with E-state index in [1.165, 1.54) is 16.8 Å². The fourth-order valence-electron chi connectivity index (χ4n) is 2.97. The van der Waals surface area contributed by atoms with E-state index in [0.29, 0.717) is 24.7 Å². The molecule has 0 saturated heterocycles. The Balaban J connectivity index is 1.77. The third kappa shape index (κ3) is 5.71. The number of ether oxygens (including phenoxy) is 2. The number of sulfonamides is 1. The second kappa shape index (κ2) is 10.2. The average molecular weight is 444 g/mol. The smallest absolute Gasteiger partial charge is 0.266 e. The molecule has 1 N–H and O–H groups in total. The summed E-state index contributed by atoms with van der Waals surface area (Å²) < 4.78 is 40.4. The van der Waals surface area contributed by atoms with Crippen LogP contribution in [0.1, 0.15) is 13.8 Å². The molecule has 0 bridgehead atoms. The molecule has 0 radical (unpaired) electrons. The van der Waals surface area contributed by atoms with Crippen LogP contribution in [0.15, 0.2) is 70.4 Å². The lowest BCUT2D eigenvalue weighted by Gasteiger charge is -2.14. The maximum atomic E-state index is 12.9. The fraction of sp³-hybridized carbons (Fsp3) is 0.273. The summed E-state index contributed by atoms with van der Waals surface area (Å²) in [6, 6.07) is 17.2. The Morgan fingerprint density at radius 2 is 1.71 bits per heavy atom. The Morgan fingerprint density at radius 1 is 0.968 bits per heavy atom. The van der Waals surface area contributed by atoms with Crippen molar-refractivity contribution < 1.29 is 17.9 Å². The van der Waals surface area contributed by atoms with Crippen molar-refractivity contribution in [3.63, 3.8) is 0 Å². The summed E-state index contributed by atoms with van der Waals surface area (Å²) in [6.07, 6.45) is 0. The number of benzene rings is 2. The lowest BCUT2D eigenvalue weighted by atomic mass is 10.1. The zero-order chi connectivity index (χ0) is 22.3. The first-order chi connectivity index (χ1) is 14.9. The van der Waals surface area contributed by atoms with Crippen molar-refractivity contribution in [1.29, 1.82) is 0 Å². The van der Waals surface area contributed by atoms with E-state index in [0.717, 1.165) is 5.56 Å². The minimum Gasteiger partial charge on any atom is -0.494 e. The van der Waals surface area contributed by atoms with E-state index in [9.17, 15) is 13.2 Å². The van der Waals surface area contributed by atoms with Gasteiger partial charge in [-0.2, -0.15) is 5.10 Å². The second-order valence-corrected chi connectivity index (χ2v) is 8.25. The zero-order valence-electron chi connectivity index (χ0n) is 17.4. The molecule has 0 unspecified atom stereocenters. The molecule has 0 fully saturated rings. The van der Waals surface area contributed by atoms with Gasteiger partial charge in [-0.15, -0.1) is 0 Å². The van der Waals surface area contributed by atoms with Crippen LogP contribution < -0.4 is 19.8 Å². The number of nitrogens with one attached hydrogen (secondary N) is 1. The van der Waals surface area contributed by atoms with Crippen LogP contribution in [0.2, 0.25) is 0 Å². The fourth-order valence-corrected chi connectivity index (χ4v) is 4.14. The van der Waals surface area contributed by atoms with Crippen molar-refractivity contribution in [3.8, 4) is 22.8 Å². The Kier molecular flexibility index (Phi) is 7.43.